The minimum absolute atomic E-state index is 0.0606. The molecule has 0 unspecified atom stereocenters. The fraction of sp³-hybridized carbons (Fsp3) is 0.407. The summed E-state index contributed by atoms with van der Waals surface area (Å²) < 4.78 is 55.1. The SMILES string of the molecule is O=C(c1ccc2[nH]ncc2c1)N1CCC2(CC1)C(=O)N(CC(=O)N1CCC[C@H]1C(F)(F)F)c1ccc(F)c(Cl)c12. The lowest BCUT2D eigenvalue weighted by molar-refractivity contribution is -0.182. The number of benzene rings is 2. The number of likely N-dealkylation sites (tertiary alicyclic amines) is 2. The van der Waals surface area contributed by atoms with Crippen molar-refractivity contribution in [2.45, 2.75) is 43.3 Å². The summed E-state index contributed by atoms with van der Waals surface area (Å²) in [4.78, 5) is 43.7. The first-order valence-corrected chi connectivity index (χ1v) is 13.3. The van der Waals surface area contributed by atoms with Crippen molar-refractivity contribution in [2.75, 3.05) is 31.1 Å². The molecule has 2 saturated heterocycles. The van der Waals surface area contributed by atoms with Crippen LogP contribution in [0.5, 0.6) is 0 Å². The molecule has 0 aliphatic carbocycles. The van der Waals surface area contributed by atoms with Crippen LogP contribution in [0.4, 0.5) is 23.2 Å². The summed E-state index contributed by atoms with van der Waals surface area (Å²) in [5, 5.41) is 7.29. The molecule has 210 valence electrons. The second-order valence-corrected chi connectivity index (χ2v) is 10.9. The molecule has 1 spiro atoms. The molecule has 4 heterocycles. The van der Waals surface area contributed by atoms with E-state index in [1.54, 1.807) is 29.3 Å². The summed E-state index contributed by atoms with van der Waals surface area (Å²) in [6.07, 6.45) is -2.73. The number of nitrogens with zero attached hydrogens (tertiary/aromatic N) is 4. The van der Waals surface area contributed by atoms with Gasteiger partial charge in [0.05, 0.1) is 27.8 Å². The number of nitrogens with one attached hydrogen (secondary N) is 1. The number of halogens is 5. The number of aromatic amines is 1. The average molecular weight is 578 g/mol. The third-order valence-corrected chi connectivity index (χ3v) is 8.70. The highest BCUT2D eigenvalue weighted by atomic mass is 35.5. The monoisotopic (exact) mass is 577 g/mol. The van der Waals surface area contributed by atoms with Crippen LogP contribution >= 0.6 is 11.6 Å². The highest BCUT2D eigenvalue weighted by Gasteiger charge is 2.55. The van der Waals surface area contributed by atoms with Gasteiger partial charge in [-0.05, 0) is 56.0 Å². The minimum atomic E-state index is -4.58. The Kier molecular flexibility index (Phi) is 6.28. The van der Waals surface area contributed by atoms with Crippen molar-refractivity contribution in [3.05, 3.63) is 58.5 Å². The Balaban J connectivity index is 1.26. The molecule has 6 rings (SSSR count). The number of carbonyl (C=O) groups excluding carboxylic acids is 3. The topological polar surface area (TPSA) is 89.6 Å². The summed E-state index contributed by atoms with van der Waals surface area (Å²) in [5.41, 5.74) is 0.340. The van der Waals surface area contributed by atoms with Gasteiger partial charge in [-0.3, -0.25) is 19.5 Å². The van der Waals surface area contributed by atoms with Crippen molar-refractivity contribution in [3.63, 3.8) is 0 Å². The standard InChI is InChI=1S/C27H24ClF4N5O3/c28-23-17(29)4-6-19-22(23)26(25(40)37(19)14-21(38)36-9-1-2-20(36)27(30,31)32)7-10-35(11-8-26)24(39)15-3-5-18-16(12-15)13-33-34-18/h3-6,12-13,20H,1-2,7-11,14H2,(H,33,34)/t20-/m0/s1. The second kappa shape index (κ2) is 9.46. The van der Waals surface area contributed by atoms with E-state index in [-0.39, 0.29) is 67.5 Å². The van der Waals surface area contributed by atoms with E-state index in [2.05, 4.69) is 10.2 Å². The average Bonchev–Trinajstić information content (AvgIpc) is 3.66. The number of anilines is 1. The lowest BCUT2D eigenvalue weighted by atomic mass is 9.73. The molecule has 0 bridgehead atoms. The lowest BCUT2D eigenvalue weighted by Crippen LogP contribution is -2.53. The normalized spacial score (nSPS) is 20.6. The number of piperidine rings is 1. The van der Waals surface area contributed by atoms with Crippen molar-refractivity contribution in [1.29, 1.82) is 0 Å². The first-order chi connectivity index (χ1) is 19.0. The van der Waals surface area contributed by atoms with Gasteiger partial charge in [0.2, 0.25) is 11.8 Å². The van der Waals surface area contributed by atoms with E-state index in [1.807, 2.05) is 0 Å². The molecule has 1 N–H and O–H groups in total. The van der Waals surface area contributed by atoms with Gasteiger partial charge in [-0.15, -0.1) is 0 Å². The zero-order valence-electron chi connectivity index (χ0n) is 21.1. The first kappa shape index (κ1) is 26.5. The lowest BCUT2D eigenvalue weighted by Gasteiger charge is -2.39. The van der Waals surface area contributed by atoms with Crippen molar-refractivity contribution in [1.82, 2.24) is 20.0 Å². The maximum absolute atomic E-state index is 14.6. The Morgan fingerprint density at radius 1 is 1.12 bits per heavy atom. The van der Waals surface area contributed by atoms with Crippen molar-refractivity contribution >= 4 is 45.9 Å². The number of amides is 3. The van der Waals surface area contributed by atoms with Gasteiger partial charge >= 0.3 is 6.18 Å². The van der Waals surface area contributed by atoms with Crippen LogP contribution in [0.3, 0.4) is 0 Å². The van der Waals surface area contributed by atoms with Crippen LogP contribution in [0.25, 0.3) is 10.9 Å². The molecule has 1 aromatic heterocycles. The Labute approximate surface area is 230 Å². The van der Waals surface area contributed by atoms with E-state index in [4.69, 9.17) is 11.6 Å². The molecule has 3 aromatic rings. The van der Waals surface area contributed by atoms with E-state index in [1.165, 1.54) is 6.07 Å². The fourth-order valence-corrected chi connectivity index (χ4v) is 6.64. The molecule has 1 atom stereocenters. The van der Waals surface area contributed by atoms with E-state index < -0.39 is 41.8 Å². The summed E-state index contributed by atoms with van der Waals surface area (Å²) in [7, 11) is 0. The molecule has 2 fully saturated rings. The Hall–Kier alpha value is -3.67. The molecular weight excluding hydrogens is 554 g/mol. The number of hydrogen-bond donors (Lipinski definition) is 1. The summed E-state index contributed by atoms with van der Waals surface area (Å²) >= 11 is 6.39. The number of rotatable bonds is 3. The van der Waals surface area contributed by atoms with E-state index in [0.29, 0.717) is 5.56 Å². The maximum atomic E-state index is 14.6. The Morgan fingerprint density at radius 2 is 1.88 bits per heavy atom. The molecule has 2 aromatic carbocycles. The predicted molar refractivity (Wildman–Crippen MR) is 137 cm³/mol. The summed E-state index contributed by atoms with van der Waals surface area (Å²) in [6.45, 7) is -0.362. The van der Waals surface area contributed by atoms with Crippen molar-refractivity contribution in [3.8, 4) is 0 Å². The van der Waals surface area contributed by atoms with Crippen LogP contribution in [0, 0.1) is 5.82 Å². The Bertz CT molecular complexity index is 1530. The van der Waals surface area contributed by atoms with E-state index in [9.17, 15) is 31.9 Å². The summed E-state index contributed by atoms with van der Waals surface area (Å²) in [6, 6.07) is 5.64. The molecule has 0 radical (unpaired) electrons. The number of alkyl halides is 3. The number of H-pyrrole nitrogens is 1. The summed E-state index contributed by atoms with van der Waals surface area (Å²) in [5.74, 6) is -2.35. The van der Waals surface area contributed by atoms with Gasteiger partial charge < -0.3 is 14.7 Å². The third-order valence-electron chi connectivity index (χ3n) is 8.33. The molecule has 3 aliphatic heterocycles. The van der Waals surface area contributed by atoms with Crippen LogP contribution in [-0.4, -0.2) is 76.1 Å². The first-order valence-electron chi connectivity index (χ1n) is 12.9. The third kappa shape index (κ3) is 4.11. The number of aromatic nitrogens is 2. The van der Waals surface area contributed by atoms with Crippen LogP contribution in [0.2, 0.25) is 5.02 Å². The molecule has 3 amide bonds. The molecular formula is C27H24ClF4N5O3. The molecule has 0 saturated carbocycles. The molecule has 13 heteroatoms. The van der Waals surface area contributed by atoms with Crippen LogP contribution in [-0.2, 0) is 15.0 Å². The maximum Gasteiger partial charge on any atom is 0.408 e. The minimum Gasteiger partial charge on any atom is -0.339 e. The zero-order chi connectivity index (χ0) is 28.4. The quantitative estimate of drug-likeness (QED) is 0.467. The smallest absolute Gasteiger partial charge is 0.339 e. The van der Waals surface area contributed by atoms with Gasteiger partial charge in [0.15, 0.2) is 0 Å². The molecule has 8 nitrogen and oxygen atoms in total. The van der Waals surface area contributed by atoms with Crippen LogP contribution in [0.15, 0.2) is 36.5 Å². The number of hydrogen-bond acceptors (Lipinski definition) is 4. The predicted octanol–water partition coefficient (Wildman–Crippen LogP) is 4.43. The largest absolute Gasteiger partial charge is 0.408 e. The highest BCUT2D eigenvalue weighted by molar-refractivity contribution is 6.33. The van der Waals surface area contributed by atoms with E-state index >= 15 is 0 Å². The van der Waals surface area contributed by atoms with Crippen molar-refractivity contribution in [2.24, 2.45) is 0 Å². The van der Waals surface area contributed by atoms with Gasteiger partial charge in [0.25, 0.3) is 5.91 Å². The van der Waals surface area contributed by atoms with Gasteiger partial charge in [-0.2, -0.15) is 18.3 Å². The second-order valence-electron chi connectivity index (χ2n) is 10.5. The van der Waals surface area contributed by atoms with Crippen LogP contribution < -0.4 is 4.90 Å². The molecule has 40 heavy (non-hydrogen) atoms. The molecule has 3 aliphatic rings. The number of fused-ring (bicyclic) bond motifs is 3. The van der Waals surface area contributed by atoms with E-state index in [0.717, 1.165) is 26.8 Å². The van der Waals surface area contributed by atoms with Crippen LogP contribution in [0.1, 0.15) is 41.6 Å². The van der Waals surface area contributed by atoms with Gasteiger partial charge in [0.1, 0.15) is 18.4 Å². The zero-order valence-corrected chi connectivity index (χ0v) is 21.9. The fourth-order valence-electron chi connectivity index (χ4n) is 6.30. The highest BCUT2D eigenvalue weighted by Crippen LogP contribution is 2.51. The Morgan fingerprint density at radius 3 is 2.60 bits per heavy atom. The van der Waals surface area contributed by atoms with Gasteiger partial charge in [-0.25, -0.2) is 4.39 Å². The number of carbonyl (C=O) groups is 3. The van der Waals surface area contributed by atoms with Gasteiger partial charge in [-0.1, -0.05) is 11.6 Å². The van der Waals surface area contributed by atoms with Crippen molar-refractivity contribution < 1.29 is 31.9 Å². The van der Waals surface area contributed by atoms with Gasteiger partial charge in [0, 0.05) is 36.1 Å².